The van der Waals surface area contributed by atoms with E-state index < -0.39 is 0 Å². The average molecular weight is 331 g/mol. The number of methoxy groups -OCH3 is 1. The van der Waals surface area contributed by atoms with Crippen molar-refractivity contribution >= 4 is 17.7 Å². The third-order valence-corrected chi connectivity index (χ3v) is 5.14. The number of carbonyl (C=O) groups excluding carboxylic acids is 1. The molecule has 2 aromatic carbocycles. The van der Waals surface area contributed by atoms with Gasteiger partial charge < -0.3 is 9.64 Å². The van der Waals surface area contributed by atoms with Crippen molar-refractivity contribution in [1.29, 1.82) is 0 Å². The molecule has 1 fully saturated rings. The van der Waals surface area contributed by atoms with Gasteiger partial charge in [-0.25, -0.2) is 4.39 Å². The summed E-state index contributed by atoms with van der Waals surface area (Å²) in [5.74, 6) is 0.703. The maximum Gasteiger partial charge on any atom is 0.236 e. The van der Waals surface area contributed by atoms with Crippen molar-refractivity contribution in [3.63, 3.8) is 0 Å². The summed E-state index contributed by atoms with van der Waals surface area (Å²) >= 11 is 1.51. The third-order valence-electron chi connectivity index (χ3n) is 3.87. The van der Waals surface area contributed by atoms with Gasteiger partial charge in [-0.15, -0.1) is 11.8 Å². The van der Waals surface area contributed by atoms with Crippen LogP contribution < -0.4 is 4.74 Å². The van der Waals surface area contributed by atoms with Crippen molar-refractivity contribution in [2.24, 2.45) is 0 Å². The van der Waals surface area contributed by atoms with Gasteiger partial charge in [-0.3, -0.25) is 4.79 Å². The lowest BCUT2D eigenvalue weighted by Gasteiger charge is -2.17. The number of likely N-dealkylation sites (tertiary alicyclic amines) is 1. The van der Waals surface area contributed by atoms with E-state index in [9.17, 15) is 9.18 Å². The van der Waals surface area contributed by atoms with Crippen molar-refractivity contribution in [2.75, 3.05) is 13.7 Å². The lowest BCUT2D eigenvalue weighted by Crippen LogP contribution is -2.27. The summed E-state index contributed by atoms with van der Waals surface area (Å²) in [6.45, 7) is 1.37. The van der Waals surface area contributed by atoms with Crippen LogP contribution >= 0.6 is 11.8 Å². The molecule has 1 aliphatic rings. The van der Waals surface area contributed by atoms with E-state index in [1.54, 1.807) is 19.2 Å². The molecule has 0 N–H and O–H groups in total. The molecule has 2 aromatic rings. The first-order chi connectivity index (χ1) is 11.2. The molecule has 0 radical (unpaired) electrons. The first-order valence-corrected chi connectivity index (χ1v) is 8.37. The van der Waals surface area contributed by atoms with Gasteiger partial charge >= 0.3 is 0 Å². The first-order valence-electron chi connectivity index (χ1n) is 7.49. The Morgan fingerprint density at radius 2 is 1.87 bits per heavy atom. The van der Waals surface area contributed by atoms with E-state index in [0.29, 0.717) is 6.54 Å². The Labute approximate surface area is 139 Å². The fourth-order valence-electron chi connectivity index (χ4n) is 2.61. The van der Waals surface area contributed by atoms with E-state index in [0.717, 1.165) is 29.2 Å². The maximum absolute atomic E-state index is 12.9. The van der Waals surface area contributed by atoms with Gasteiger partial charge in [0.15, 0.2) is 0 Å². The van der Waals surface area contributed by atoms with Crippen LogP contribution in [0.3, 0.4) is 0 Å². The Morgan fingerprint density at radius 1 is 1.17 bits per heavy atom. The number of benzene rings is 2. The lowest BCUT2D eigenvalue weighted by atomic mass is 10.2. The quantitative estimate of drug-likeness (QED) is 0.836. The zero-order chi connectivity index (χ0) is 16.2. The van der Waals surface area contributed by atoms with Gasteiger partial charge in [-0.2, -0.15) is 0 Å². The summed E-state index contributed by atoms with van der Waals surface area (Å²) in [7, 11) is 1.64. The number of halogens is 1. The summed E-state index contributed by atoms with van der Waals surface area (Å²) in [6.07, 6.45) is 0.816. The van der Waals surface area contributed by atoms with E-state index >= 15 is 0 Å². The molecule has 1 unspecified atom stereocenters. The number of carbonyl (C=O) groups is 1. The number of hydrogen-bond donors (Lipinski definition) is 0. The molecule has 3 nitrogen and oxygen atoms in total. The van der Waals surface area contributed by atoms with Gasteiger partial charge in [0.25, 0.3) is 0 Å². The number of amides is 1. The van der Waals surface area contributed by atoms with Gasteiger partial charge in [-0.05, 0) is 48.4 Å². The Balaban J connectivity index is 1.60. The van der Waals surface area contributed by atoms with Gasteiger partial charge in [0.1, 0.15) is 11.6 Å². The highest BCUT2D eigenvalue weighted by Crippen LogP contribution is 2.31. The molecule has 0 spiro atoms. The number of ether oxygens (including phenoxy) is 1. The molecule has 0 aromatic heterocycles. The molecule has 23 heavy (non-hydrogen) atoms. The summed E-state index contributed by atoms with van der Waals surface area (Å²) in [4.78, 5) is 15.3. The Hall–Kier alpha value is -2.01. The van der Waals surface area contributed by atoms with Crippen LogP contribution in [-0.4, -0.2) is 29.7 Å². The third kappa shape index (κ3) is 3.85. The van der Waals surface area contributed by atoms with E-state index in [-0.39, 0.29) is 17.0 Å². The van der Waals surface area contributed by atoms with E-state index in [1.807, 2.05) is 29.2 Å². The summed E-state index contributed by atoms with van der Waals surface area (Å²) in [5, 5.41) is -0.0845. The molecule has 3 rings (SSSR count). The fourth-order valence-corrected chi connectivity index (χ4v) is 3.70. The molecule has 1 heterocycles. The van der Waals surface area contributed by atoms with Gasteiger partial charge in [0, 0.05) is 18.0 Å². The number of rotatable bonds is 5. The highest BCUT2D eigenvalue weighted by atomic mass is 32.2. The Morgan fingerprint density at radius 3 is 2.52 bits per heavy atom. The zero-order valence-corrected chi connectivity index (χ0v) is 13.7. The van der Waals surface area contributed by atoms with Crippen LogP contribution in [0.4, 0.5) is 4.39 Å². The van der Waals surface area contributed by atoms with Crippen LogP contribution in [0.2, 0.25) is 0 Å². The molecule has 5 heteroatoms. The predicted octanol–water partition coefficient (Wildman–Crippen LogP) is 3.73. The second-order valence-electron chi connectivity index (χ2n) is 5.46. The van der Waals surface area contributed by atoms with Gasteiger partial charge in [-0.1, -0.05) is 12.1 Å². The van der Waals surface area contributed by atoms with Crippen LogP contribution in [0.15, 0.2) is 53.4 Å². The minimum Gasteiger partial charge on any atom is -0.497 e. The number of thioether (sulfide) groups is 1. The SMILES string of the molecule is COc1ccc(CN2CCC(Sc3ccc(F)cc3)C2=O)cc1. The molecule has 0 saturated carbocycles. The summed E-state index contributed by atoms with van der Waals surface area (Å²) in [6, 6.07) is 14.1. The molecule has 1 atom stereocenters. The van der Waals surface area contributed by atoms with E-state index in [4.69, 9.17) is 4.74 Å². The predicted molar refractivity (Wildman–Crippen MR) is 89.1 cm³/mol. The molecule has 0 bridgehead atoms. The van der Waals surface area contributed by atoms with Crippen molar-refractivity contribution in [3.8, 4) is 5.75 Å². The van der Waals surface area contributed by atoms with Crippen LogP contribution in [0.1, 0.15) is 12.0 Å². The molecular weight excluding hydrogens is 313 g/mol. The Kier molecular flexibility index (Phi) is 4.86. The molecular formula is C18H18FNO2S. The zero-order valence-electron chi connectivity index (χ0n) is 12.9. The van der Waals surface area contributed by atoms with Crippen molar-refractivity contribution in [3.05, 3.63) is 59.9 Å². The monoisotopic (exact) mass is 331 g/mol. The van der Waals surface area contributed by atoms with E-state index in [1.165, 1.54) is 23.9 Å². The average Bonchev–Trinajstić information content (AvgIpc) is 2.91. The van der Waals surface area contributed by atoms with Gasteiger partial charge in [0.05, 0.1) is 12.4 Å². The number of nitrogens with zero attached hydrogens (tertiary/aromatic N) is 1. The lowest BCUT2D eigenvalue weighted by molar-refractivity contribution is -0.127. The second-order valence-corrected chi connectivity index (χ2v) is 6.73. The minimum atomic E-state index is -0.256. The first kappa shape index (κ1) is 15.9. The normalized spacial score (nSPS) is 17.6. The topological polar surface area (TPSA) is 29.5 Å². The van der Waals surface area contributed by atoms with Crippen molar-refractivity contribution in [2.45, 2.75) is 23.1 Å². The highest BCUT2D eigenvalue weighted by molar-refractivity contribution is 8.00. The molecule has 1 saturated heterocycles. The van der Waals surface area contributed by atoms with Gasteiger partial charge in [0.2, 0.25) is 5.91 Å². The standard InChI is InChI=1S/C18H18FNO2S/c1-22-15-6-2-13(3-7-15)12-20-11-10-17(18(20)21)23-16-8-4-14(19)5-9-16/h2-9,17H,10-12H2,1H3. The molecule has 120 valence electrons. The second kappa shape index (κ2) is 7.04. The molecule has 1 aliphatic heterocycles. The van der Waals surface area contributed by atoms with Crippen LogP contribution in [0, 0.1) is 5.82 Å². The molecule has 1 amide bonds. The van der Waals surface area contributed by atoms with E-state index in [2.05, 4.69) is 0 Å². The van der Waals surface area contributed by atoms with Crippen LogP contribution in [0.25, 0.3) is 0 Å². The summed E-state index contributed by atoms with van der Waals surface area (Å²) in [5.41, 5.74) is 1.09. The fraction of sp³-hybridized carbons (Fsp3) is 0.278. The molecule has 0 aliphatic carbocycles. The van der Waals surface area contributed by atoms with Crippen molar-refractivity contribution in [1.82, 2.24) is 4.90 Å². The largest absolute Gasteiger partial charge is 0.497 e. The van der Waals surface area contributed by atoms with Crippen molar-refractivity contribution < 1.29 is 13.9 Å². The maximum atomic E-state index is 12.9. The number of hydrogen-bond acceptors (Lipinski definition) is 3. The minimum absolute atomic E-state index is 0.0845. The smallest absolute Gasteiger partial charge is 0.236 e. The highest BCUT2D eigenvalue weighted by Gasteiger charge is 2.32. The van der Waals surface area contributed by atoms with Crippen LogP contribution in [0.5, 0.6) is 5.75 Å². The Bertz CT molecular complexity index is 672. The van der Waals surface area contributed by atoms with Crippen LogP contribution in [-0.2, 0) is 11.3 Å². The summed E-state index contributed by atoms with van der Waals surface area (Å²) < 4.78 is 18.1.